The van der Waals surface area contributed by atoms with E-state index in [-0.39, 0.29) is 11.3 Å². The van der Waals surface area contributed by atoms with Crippen molar-refractivity contribution in [3.05, 3.63) is 50.2 Å². The summed E-state index contributed by atoms with van der Waals surface area (Å²) in [5.41, 5.74) is -1.93. The van der Waals surface area contributed by atoms with Gasteiger partial charge in [0, 0.05) is 0 Å². The van der Waals surface area contributed by atoms with Crippen LogP contribution in [0.5, 0.6) is 5.88 Å². The largest absolute Gasteiger partial charge is 0.493 e. The average Bonchev–Trinajstić information content (AvgIpc) is 2.36. The molecule has 1 heterocycles. The standard InChI is InChI=1S/C12H10N4O5/c1-5-3-2-4-6(7(5)11(19)20)15-16-8-9(17)13-12(21)14-10(8)18/h2-4H,1H3,(H,19,20)(H3,13,14,17,18,21). The third-order valence-corrected chi connectivity index (χ3v) is 2.62. The molecule has 9 heteroatoms. The zero-order valence-electron chi connectivity index (χ0n) is 10.7. The quantitative estimate of drug-likeness (QED) is 0.626. The van der Waals surface area contributed by atoms with Gasteiger partial charge in [0.1, 0.15) is 5.69 Å². The predicted octanol–water partition coefficient (Wildman–Crippen LogP) is 1.19. The van der Waals surface area contributed by atoms with Crippen LogP contribution in [0, 0.1) is 6.92 Å². The Kier molecular flexibility index (Phi) is 3.65. The van der Waals surface area contributed by atoms with Gasteiger partial charge in [-0.25, -0.2) is 9.59 Å². The lowest BCUT2D eigenvalue weighted by molar-refractivity contribution is 0.0697. The van der Waals surface area contributed by atoms with E-state index in [1.54, 1.807) is 19.1 Å². The highest BCUT2D eigenvalue weighted by molar-refractivity contribution is 5.94. The molecule has 9 nitrogen and oxygen atoms in total. The van der Waals surface area contributed by atoms with Gasteiger partial charge in [-0.15, -0.1) is 10.2 Å². The molecular formula is C12H10N4O5. The number of aromatic nitrogens is 2. The summed E-state index contributed by atoms with van der Waals surface area (Å²) in [6.45, 7) is 1.59. The van der Waals surface area contributed by atoms with Crippen molar-refractivity contribution >= 4 is 17.3 Å². The van der Waals surface area contributed by atoms with Gasteiger partial charge in [0.2, 0.25) is 11.6 Å². The van der Waals surface area contributed by atoms with Crippen molar-refractivity contribution in [3.8, 4) is 5.88 Å². The minimum Gasteiger partial charge on any atom is -0.493 e. The Balaban J connectivity index is 2.53. The van der Waals surface area contributed by atoms with Crippen LogP contribution in [0.2, 0.25) is 0 Å². The monoisotopic (exact) mass is 290 g/mol. The molecule has 0 atom stereocenters. The Morgan fingerprint density at radius 1 is 1.19 bits per heavy atom. The summed E-state index contributed by atoms with van der Waals surface area (Å²) < 4.78 is 0. The first kappa shape index (κ1) is 14.2. The maximum atomic E-state index is 11.5. The summed E-state index contributed by atoms with van der Waals surface area (Å²) in [6, 6.07) is 4.57. The summed E-state index contributed by atoms with van der Waals surface area (Å²) in [6.07, 6.45) is 0. The number of aryl methyl sites for hydroxylation is 1. The number of aromatic hydroxyl groups is 1. The molecule has 2 aromatic rings. The van der Waals surface area contributed by atoms with Crippen LogP contribution in [0.1, 0.15) is 15.9 Å². The van der Waals surface area contributed by atoms with Crippen LogP contribution in [-0.2, 0) is 0 Å². The molecule has 0 unspecified atom stereocenters. The molecule has 0 fully saturated rings. The Labute approximate surface area is 116 Å². The predicted molar refractivity (Wildman–Crippen MR) is 71.7 cm³/mol. The molecule has 0 aliphatic heterocycles. The second-order valence-corrected chi connectivity index (χ2v) is 4.08. The summed E-state index contributed by atoms with van der Waals surface area (Å²) in [7, 11) is 0. The molecule has 2 rings (SSSR count). The van der Waals surface area contributed by atoms with Crippen LogP contribution in [0.4, 0.5) is 11.4 Å². The average molecular weight is 290 g/mol. The lowest BCUT2D eigenvalue weighted by Gasteiger charge is -2.03. The third kappa shape index (κ3) is 2.86. The number of hydrogen-bond donors (Lipinski definition) is 4. The summed E-state index contributed by atoms with van der Waals surface area (Å²) in [5.74, 6) is -1.95. The summed E-state index contributed by atoms with van der Waals surface area (Å²) in [4.78, 5) is 37.3. The smallest absolute Gasteiger partial charge is 0.338 e. The Morgan fingerprint density at radius 3 is 2.52 bits per heavy atom. The van der Waals surface area contributed by atoms with E-state index in [2.05, 4.69) is 10.2 Å². The number of carboxylic acid groups (broad SMARTS) is 1. The maximum Gasteiger partial charge on any atom is 0.338 e. The van der Waals surface area contributed by atoms with Crippen molar-refractivity contribution < 1.29 is 15.0 Å². The number of aromatic amines is 2. The number of carbonyl (C=O) groups is 1. The first-order valence-electron chi connectivity index (χ1n) is 5.70. The van der Waals surface area contributed by atoms with Gasteiger partial charge in [-0.2, -0.15) is 0 Å². The summed E-state index contributed by atoms with van der Waals surface area (Å²) in [5, 5.41) is 25.7. The zero-order chi connectivity index (χ0) is 15.6. The minimum absolute atomic E-state index is 0.0208. The Bertz CT molecular complexity index is 849. The molecule has 1 aromatic heterocycles. The van der Waals surface area contributed by atoms with Gasteiger partial charge in [-0.05, 0) is 18.6 Å². The Hall–Kier alpha value is -3.23. The lowest BCUT2D eigenvalue weighted by atomic mass is 10.1. The van der Waals surface area contributed by atoms with Crippen LogP contribution >= 0.6 is 0 Å². The molecule has 0 amide bonds. The minimum atomic E-state index is -1.19. The van der Waals surface area contributed by atoms with Gasteiger partial charge in [0.25, 0.3) is 5.56 Å². The number of H-pyrrole nitrogens is 2. The molecule has 0 saturated heterocycles. The van der Waals surface area contributed by atoms with E-state index >= 15 is 0 Å². The molecule has 108 valence electrons. The maximum absolute atomic E-state index is 11.5. The van der Waals surface area contributed by atoms with Crippen LogP contribution in [0.25, 0.3) is 0 Å². The van der Waals surface area contributed by atoms with Gasteiger partial charge in [-0.3, -0.25) is 14.8 Å². The van der Waals surface area contributed by atoms with Gasteiger partial charge < -0.3 is 10.2 Å². The van der Waals surface area contributed by atoms with Crippen molar-refractivity contribution in [1.29, 1.82) is 0 Å². The highest BCUT2D eigenvalue weighted by Gasteiger charge is 2.13. The molecule has 0 spiro atoms. The van der Waals surface area contributed by atoms with E-state index in [9.17, 15) is 19.5 Å². The fourth-order valence-corrected chi connectivity index (χ4v) is 1.68. The van der Waals surface area contributed by atoms with E-state index < -0.39 is 28.8 Å². The van der Waals surface area contributed by atoms with Crippen molar-refractivity contribution in [2.45, 2.75) is 6.92 Å². The molecule has 0 saturated carbocycles. The number of aromatic carboxylic acids is 1. The summed E-state index contributed by atoms with van der Waals surface area (Å²) >= 11 is 0. The van der Waals surface area contributed by atoms with E-state index in [1.807, 2.05) is 9.97 Å². The van der Waals surface area contributed by atoms with E-state index in [4.69, 9.17) is 5.11 Å². The molecule has 0 aliphatic carbocycles. The van der Waals surface area contributed by atoms with Crippen LogP contribution in [0.15, 0.2) is 38.0 Å². The molecule has 0 bridgehead atoms. The molecule has 21 heavy (non-hydrogen) atoms. The molecular weight excluding hydrogens is 280 g/mol. The van der Waals surface area contributed by atoms with E-state index in [0.717, 1.165) is 0 Å². The number of carboxylic acids is 1. The topological polar surface area (TPSA) is 148 Å². The van der Waals surface area contributed by atoms with Crippen LogP contribution in [0.3, 0.4) is 0 Å². The number of hydrogen-bond acceptors (Lipinski definition) is 6. The SMILES string of the molecule is Cc1cccc(N=Nc2c(O)[nH]c(=O)[nH]c2=O)c1C(=O)O. The van der Waals surface area contributed by atoms with Gasteiger partial charge in [-0.1, -0.05) is 12.1 Å². The second kappa shape index (κ2) is 5.41. The lowest BCUT2D eigenvalue weighted by Crippen LogP contribution is -2.20. The third-order valence-electron chi connectivity index (χ3n) is 2.62. The van der Waals surface area contributed by atoms with Crippen LogP contribution < -0.4 is 11.2 Å². The fraction of sp³-hybridized carbons (Fsp3) is 0.0833. The molecule has 0 radical (unpaired) electrons. The molecule has 1 aromatic carbocycles. The van der Waals surface area contributed by atoms with Gasteiger partial charge in [0.15, 0.2) is 0 Å². The number of nitrogens with zero attached hydrogens (tertiary/aromatic N) is 2. The molecule has 4 N–H and O–H groups in total. The van der Waals surface area contributed by atoms with Gasteiger partial charge >= 0.3 is 11.7 Å². The molecule has 0 aliphatic rings. The normalized spacial score (nSPS) is 10.9. The zero-order valence-corrected chi connectivity index (χ0v) is 10.7. The van der Waals surface area contributed by atoms with Crippen molar-refractivity contribution in [2.75, 3.05) is 0 Å². The van der Waals surface area contributed by atoms with E-state index in [0.29, 0.717) is 5.56 Å². The second-order valence-electron chi connectivity index (χ2n) is 4.08. The number of azo groups is 1. The first-order valence-corrected chi connectivity index (χ1v) is 5.70. The highest BCUT2D eigenvalue weighted by atomic mass is 16.4. The number of benzene rings is 1. The number of nitrogens with one attached hydrogen (secondary N) is 2. The van der Waals surface area contributed by atoms with Crippen molar-refractivity contribution in [2.24, 2.45) is 10.2 Å². The van der Waals surface area contributed by atoms with Gasteiger partial charge in [0.05, 0.1) is 5.56 Å². The number of rotatable bonds is 3. The van der Waals surface area contributed by atoms with E-state index in [1.165, 1.54) is 6.07 Å². The fourth-order valence-electron chi connectivity index (χ4n) is 1.68. The first-order chi connectivity index (χ1) is 9.90. The van der Waals surface area contributed by atoms with Crippen LogP contribution in [-0.4, -0.2) is 26.2 Å². The highest BCUT2D eigenvalue weighted by Crippen LogP contribution is 2.25. The Morgan fingerprint density at radius 2 is 1.90 bits per heavy atom. The van der Waals surface area contributed by atoms with Crippen molar-refractivity contribution in [1.82, 2.24) is 9.97 Å². The van der Waals surface area contributed by atoms with Crippen molar-refractivity contribution in [3.63, 3.8) is 0 Å².